The van der Waals surface area contributed by atoms with E-state index in [-0.39, 0.29) is 24.6 Å². The van der Waals surface area contributed by atoms with Crippen molar-refractivity contribution in [1.82, 2.24) is 4.90 Å². The van der Waals surface area contributed by atoms with Crippen LogP contribution in [0.4, 0.5) is 5.69 Å². The highest BCUT2D eigenvalue weighted by Crippen LogP contribution is 2.11. The van der Waals surface area contributed by atoms with E-state index in [2.05, 4.69) is 5.32 Å². The molecular formula is C14H21N3O2S. The summed E-state index contributed by atoms with van der Waals surface area (Å²) in [5.41, 5.74) is 6.96. The lowest BCUT2D eigenvalue weighted by Gasteiger charge is -2.28. The van der Waals surface area contributed by atoms with Gasteiger partial charge in [-0.1, -0.05) is 12.2 Å². The standard InChI is InChI=1S/C14H21N3O2S/c1-9(8-18)17(3)10(2)14(19)16-12-6-4-11(5-7-12)13(15)20/h4-7,9-10,18H,8H2,1-3H3,(H2,15,20)(H,16,19). The number of aliphatic hydroxyl groups excluding tert-OH is 1. The number of nitrogens with one attached hydrogen (secondary N) is 1. The molecule has 20 heavy (non-hydrogen) atoms. The average Bonchev–Trinajstić information content (AvgIpc) is 2.45. The van der Waals surface area contributed by atoms with Gasteiger partial charge in [0.1, 0.15) is 4.99 Å². The van der Waals surface area contributed by atoms with Gasteiger partial charge in [0.25, 0.3) is 0 Å². The van der Waals surface area contributed by atoms with E-state index in [1.165, 1.54) is 0 Å². The van der Waals surface area contributed by atoms with Crippen molar-refractivity contribution in [3.05, 3.63) is 29.8 Å². The second kappa shape index (κ2) is 7.33. The summed E-state index contributed by atoms with van der Waals surface area (Å²) < 4.78 is 0. The minimum atomic E-state index is -0.340. The first-order valence-corrected chi connectivity index (χ1v) is 6.81. The van der Waals surface area contributed by atoms with E-state index >= 15 is 0 Å². The lowest BCUT2D eigenvalue weighted by atomic mass is 10.2. The number of hydrogen-bond acceptors (Lipinski definition) is 4. The van der Waals surface area contributed by atoms with Crippen molar-refractivity contribution in [3.8, 4) is 0 Å². The number of nitrogens with two attached hydrogens (primary N) is 1. The molecule has 0 heterocycles. The Balaban J connectivity index is 2.68. The van der Waals surface area contributed by atoms with Gasteiger partial charge in [-0.2, -0.15) is 0 Å². The van der Waals surface area contributed by atoms with Gasteiger partial charge in [-0.25, -0.2) is 0 Å². The van der Waals surface area contributed by atoms with E-state index < -0.39 is 0 Å². The van der Waals surface area contributed by atoms with Gasteiger partial charge in [0.2, 0.25) is 5.91 Å². The minimum absolute atomic E-state index is 0.0107. The molecule has 2 atom stereocenters. The maximum Gasteiger partial charge on any atom is 0.241 e. The molecule has 0 aromatic heterocycles. The molecule has 0 aliphatic rings. The summed E-state index contributed by atoms with van der Waals surface area (Å²) in [6.45, 7) is 3.67. The summed E-state index contributed by atoms with van der Waals surface area (Å²) in [6.07, 6.45) is 0. The lowest BCUT2D eigenvalue weighted by Crippen LogP contribution is -2.45. The van der Waals surface area contributed by atoms with Crippen LogP contribution in [0.1, 0.15) is 19.4 Å². The zero-order valence-corrected chi connectivity index (χ0v) is 12.8. The van der Waals surface area contributed by atoms with Crippen molar-refractivity contribution >= 4 is 28.8 Å². The van der Waals surface area contributed by atoms with Gasteiger partial charge in [-0.15, -0.1) is 0 Å². The maximum absolute atomic E-state index is 12.1. The topological polar surface area (TPSA) is 78.6 Å². The Morgan fingerprint density at radius 3 is 2.40 bits per heavy atom. The van der Waals surface area contributed by atoms with Gasteiger partial charge in [0.05, 0.1) is 12.6 Å². The number of nitrogens with zero attached hydrogens (tertiary/aromatic N) is 1. The normalized spacial score (nSPS) is 13.8. The van der Waals surface area contributed by atoms with Crippen LogP contribution in [-0.4, -0.2) is 46.6 Å². The van der Waals surface area contributed by atoms with Crippen LogP contribution in [0.3, 0.4) is 0 Å². The Morgan fingerprint density at radius 1 is 1.40 bits per heavy atom. The van der Waals surface area contributed by atoms with E-state index in [1.807, 2.05) is 11.8 Å². The Bertz CT molecular complexity index is 476. The maximum atomic E-state index is 12.1. The quantitative estimate of drug-likeness (QED) is 0.681. The number of aliphatic hydroxyl groups is 1. The first-order chi connectivity index (χ1) is 9.36. The number of carbonyl (C=O) groups excluding carboxylic acids is 1. The average molecular weight is 295 g/mol. The number of thiocarbonyl (C=S) groups is 1. The van der Waals surface area contributed by atoms with Crippen molar-refractivity contribution < 1.29 is 9.90 Å². The second-order valence-corrected chi connectivity index (χ2v) is 5.24. The van der Waals surface area contributed by atoms with Crippen molar-refractivity contribution in [1.29, 1.82) is 0 Å². The van der Waals surface area contributed by atoms with Crippen LogP contribution < -0.4 is 11.1 Å². The molecule has 1 rings (SSSR count). The van der Waals surface area contributed by atoms with E-state index in [0.29, 0.717) is 10.7 Å². The second-order valence-electron chi connectivity index (χ2n) is 4.80. The molecule has 0 bridgehead atoms. The number of hydrogen-bond donors (Lipinski definition) is 3. The number of anilines is 1. The molecule has 5 nitrogen and oxygen atoms in total. The lowest BCUT2D eigenvalue weighted by molar-refractivity contribution is -0.121. The number of benzene rings is 1. The van der Waals surface area contributed by atoms with Crippen molar-refractivity contribution in [2.45, 2.75) is 25.9 Å². The van der Waals surface area contributed by atoms with Crippen LogP contribution in [0.5, 0.6) is 0 Å². The molecule has 0 saturated carbocycles. The van der Waals surface area contributed by atoms with Crippen LogP contribution in [0.15, 0.2) is 24.3 Å². The Hall–Kier alpha value is -1.50. The van der Waals surface area contributed by atoms with Gasteiger partial charge in [-0.3, -0.25) is 9.69 Å². The third-order valence-corrected chi connectivity index (χ3v) is 3.62. The molecule has 0 spiro atoms. The minimum Gasteiger partial charge on any atom is -0.395 e. The van der Waals surface area contributed by atoms with Crippen molar-refractivity contribution in [2.24, 2.45) is 5.73 Å². The predicted octanol–water partition coefficient (Wildman–Crippen LogP) is 0.960. The van der Waals surface area contributed by atoms with Crippen LogP contribution in [0.25, 0.3) is 0 Å². The predicted molar refractivity (Wildman–Crippen MR) is 84.7 cm³/mol. The fraction of sp³-hybridized carbons (Fsp3) is 0.429. The van der Waals surface area contributed by atoms with E-state index in [4.69, 9.17) is 23.1 Å². The molecule has 1 aromatic rings. The summed E-state index contributed by atoms with van der Waals surface area (Å²) in [4.78, 5) is 14.3. The highest BCUT2D eigenvalue weighted by atomic mass is 32.1. The molecule has 0 aliphatic heterocycles. The monoisotopic (exact) mass is 295 g/mol. The Kier molecular flexibility index (Phi) is 6.06. The SMILES string of the molecule is CC(CO)N(C)C(C)C(=O)Nc1ccc(C(N)=S)cc1. The van der Waals surface area contributed by atoms with Crippen LogP contribution in [0, 0.1) is 0 Å². The molecule has 0 aliphatic carbocycles. The first kappa shape index (κ1) is 16.6. The number of carbonyl (C=O) groups is 1. The van der Waals surface area contributed by atoms with E-state index in [1.54, 1.807) is 38.2 Å². The summed E-state index contributed by atoms with van der Waals surface area (Å²) in [6, 6.07) is 6.63. The third kappa shape index (κ3) is 4.26. The van der Waals surface area contributed by atoms with Gasteiger partial charge in [0, 0.05) is 17.3 Å². The van der Waals surface area contributed by atoms with Crippen LogP contribution >= 0.6 is 12.2 Å². The first-order valence-electron chi connectivity index (χ1n) is 6.40. The van der Waals surface area contributed by atoms with Crippen LogP contribution in [-0.2, 0) is 4.79 Å². The third-order valence-electron chi connectivity index (χ3n) is 3.39. The van der Waals surface area contributed by atoms with Crippen molar-refractivity contribution in [3.63, 3.8) is 0 Å². The molecule has 110 valence electrons. The van der Waals surface area contributed by atoms with Gasteiger partial charge < -0.3 is 16.2 Å². The molecule has 0 fully saturated rings. The Morgan fingerprint density at radius 2 is 1.95 bits per heavy atom. The highest BCUT2D eigenvalue weighted by molar-refractivity contribution is 7.80. The fourth-order valence-electron chi connectivity index (χ4n) is 1.66. The molecule has 0 saturated heterocycles. The molecule has 2 unspecified atom stereocenters. The molecule has 1 amide bonds. The molecule has 4 N–H and O–H groups in total. The summed E-state index contributed by atoms with van der Waals surface area (Å²) >= 11 is 4.87. The highest BCUT2D eigenvalue weighted by Gasteiger charge is 2.21. The summed E-state index contributed by atoms with van der Waals surface area (Å²) in [5, 5.41) is 11.9. The van der Waals surface area contributed by atoms with Crippen LogP contribution in [0.2, 0.25) is 0 Å². The molecule has 0 radical (unpaired) electrons. The molecular weight excluding hydrogens is 274 g/mol. The smallest absolute Gasteiger partial charge is 0.241 e. The van der Waals surface area contributed by atoms with Gasteiger partial charge in [-0.05, 0) is 45.2 Å². The number of rotatable bonds is 6. The summed E-state index contributed by atoms with van der Waals surface area (Å²) in [5.74, 6) is -0.129. The number of likely N-dealkylation sites (N-methyl/N-ethyl adjacent to an activating group) is 1. The number of amides is 1. The van der Waals surface area contributed by atoms with Gasteiger partial charge in [0.15, 0.2) is 0 Å². The molecule has 1 aromatic carbocycles. The Labute approximate surface area is 124 Å². The zero-order valence-electron chi connectivity index (χ0n) is 12.0. The van der Waals surface area contributed by atoms with E-state index in [9.17, 15) is 4.79 Å². The zero-order chi connectivity index (χ0) is 15.3. The largest absolute Gasteiger partial charge is 0.395 e. The summed E-state index contributed by atoms with van der Waals surface area (Å²) in [7, 11) is 1.81. The van der Waals surface area contributed by atoms with Crippen molar-refractivity contribution in [2.75, 3.05) is 19.0 Å². The molecule has 6 heteroatoms. The van der Waals surface area contributed by atoms with Gasteiger partial charge >= 0.3 is 0 Å². The van der Waals surface area contributed by atoms with E-state index in [0.717, 1.165) is 5.56 Å². The fourth-order valence-corrected chi connectivity index (χ4v) is 1.80.